The van der Waals surface area contributed by atoms with E-state index in [0.717, 1.165) is 5.56 Å². The highest BCUT2D eigenvalue weighted by Gasteiger charge is 2.37. The Kier molecular flexibility index (Phi) is 5.94. The van der Waals surface area contributed by atoms with Gasteiger partial charge in [0.05, 0.1) is 17.1 Å². The lowest BCUT2D eigenvalue weighted by atomic mass is 10.1. The highest BCUT2D eigenvalue weighted by Crippen LogP contribution is 2.28. The molecule has 2 aromatic heterocycles. The molecule has 10 heteroatoms. The third-order valence-corrected chi connectivity index (χ3v) is 5.77. The number of nitrogens with two attached hydrogens (primary N) is 1. The molecule has 3 aromatic rings. The number of ether oxygens (including phenoxy) is 2. The van der Waals surface area contributed by atoms with Crippen molar-refractivity contribution in [3.8, 4) is 11.3 Å². The van der Waals surface area contributed by atoms with Crippen LogP contribution in [0.5, 0.6) is 0 Å². The van der Waals surface area contributed by atoms with Crippen molar-refractivity contribution in [3.05, 3.63) is 51.9 Å². The molecule has 1 amide bonds. The smallest absolute Gasteiger partial charge is 0.310 e. The summed E-state index contributed by atoms with van der Waals surface area (Å²) in [6.45, 7) is 3.72. The van der Waals surface area contributed by atoms with Crippen LogP contribution < -0.4 is 16.6 Å². The minimum atomic E-state index is -0.833. The molecule has 0 spiro atoms. The first kappa shape index (κ1) is 21.9. The van der Waals surface area contributed by atoms with E-state index in [-0.39, 0.29) is 12.0 Å². The Bertz CT molecular complexity index is 1250. The molecule has 0 bridgehead atoms. The molecule has 0 radical (unpaired) electrons. The summed E-state index contributed by atoms with van der Waals surface area (Å²) in [5.74, 6) is -0.863. The van der Waals surface area contributed by atoms with Crippen LogP contribution in [0.15, 0.2) is 41.3 Å². The van der Waals surface area contributed by atoms with Crippen molar-refractivity contribution in [3.63, 3.8) is 0 Å². The number of halogens is 1. The van der Waals surface area contributed by atoms with Gasteiger partial charge < -0.3 is 30.1 Å². The summed E-state index contributed by atoms with van der Waals surface area (Å²) in [7, 11) is 0. The average molecular weight is 459 g/mol. The molecule has 4 rings (SSSR count). The maximum atomic E-state index is 13.1. The summed E-state index contributed by atoms with van der Waals surface area (Å²) in [5, 5.41) is 3.88. The van der Waals surface area contributed by atoms with Gasteiger partial charge in [-0.15, -0.1) is 0 Å². The van der Waals surface area contributed by atoms with E-state index in [4.69, 9.17) is 26.8 Å². The molecule has 1 fully saturated rings. The van der Waals surface area contributed by atoms with Gasteiger partial charge in [-0.25, -0.2) is 0 Å². The van der Waals surface area contributed by atoms with E-state index < -0.39 is 30.3 Å². The third-order valence-electron chi connectivity index (χ3n) is 5.44. The second-order valence-electron chi connectivity index (χ2n) is 7.59. The van der Waals surface area contributed by atoms with Crippen molar-refractivity contribution in [2.75, 3.05) is 12.3 Å². The van der Waals surface area contributed by atoms with Crippen molar-refractivity contribution >= 4 is 40.1 Å². The van der Waals surface area contributed by atoms with Gasteiger partial charge in [-0.3, -0.25) is 14.4 Å². The van der Waals surface area contributed by atoms with Gasteiger partial charge in [0.2, 0.25) is 12.2 Å². The fourth-order valence-electron chi connectivity index (χ4n) is 3.69. The van der Waals surface area contributed by atoms with Gasteiger partial charge in [-0.1, -0.05) is 17.7 Å². The Morgan fingerprint density at radius 2 is 2.16 bits per heavy atom. The summed E-state index contributed by atoms with van der Waals surface area (Å²) in [4.78, 5) is 40.6. The van der Waals surface area contributed by atoms with Gasteiger partial charge >= 0.3 is 5.97 Å². The maximum absolute atomic E-state index is 13.1. The highest BCUT2D eigenvalue weighted by molar-refractivity contribution is 6.33. The lowest BCUT2D eigenvalue weighted by Crippen LogP contribution is -2.45. The number of aromatic amines is 1. The van der Waals surface area contributed by atoms with Crippen LogP contribution in [0.25, 0.3) is 22.2 Å². The number of pyridine rings is 1. The first-order chi connectivity index (χ1) is 15.3. The second kappa shape index (κ2) is 8.68. The zero-order valence-electron chi connectivity index (χ0n) is 17.6. The van der Waals surface area contributed by atoms with E-state index in [2.05, 4.69) is 10.3 Å². The molecule has 4 N–H and O–H groups in total. The number of hydrogen-bond acceptors (Lipinski definition) is 6. The quantitative estimate of drug-likeness (QED) is 0.384. The van der Waals surface area contributed by atoms with Crippen LogP contribution in [-0.4, -0.2) is 40.4 Å². The van der Waals surface area contributed by atoms with Crippen LogP contribution in [-0.2, 0) is 19.1 Å². The minimum Gasteiger partial charge on any atom is -0.433 e. The molecule has 0 saturated carbocycles. The van der Waals surface area contributed by atoms with Gasteiger partial charge in [0.1, 0.15) is 17.6 Å². The van der Waals surface area contributed by atoms with E-state index >= 15 is 0 Å². The molecule has 0 aliphatic carbocycles. The normalized spacial score (nSPS) is 19.2. The van der Waals surface area contributed by atoms with E-state index in [1.165, 1.54) is 4.57 Å². The van der Waals surface area contributed by atoms with Gasteiger partial charge in [-0.05, 0) is 43.7 Å². The Balaban J connectivity index is 1.59. The van der Waals surface area contributed by atoms with Gasteiger partial charge in [0, 0.05) is 23.9 Å². The number of aromatic nitrogens is 2. The number of anilines is 1. The summed E-state index contributed by atoms with van der Waals surface area (Å²) >= 11 is 6.12. The highest BCUT2D eigenvalue weighted by atomic mass is 35.5. The number of fused-ring (bicyclic) bond motifs is 1. The number of hydrogen-bond donors (Lipinski definition) is 3. The van der Waals surface area contributed by atoms with Crippen LogP contribution in [0.1, 0.15) is 26.3 Å². The number of H-pyrrole nitrogens is 1. The van der Waals surface area contributed by atoms with E-state index in [1.807, 2.05) is 6.07 Å². The molecule has 32 heavy (non-hydrogen) atoms. The molecular formula is C22H23ClN4O5. The standard InChI is InChI=1S/C22H23ClN4O5/c1-3-31-22-17(10-18(28)32-22)26-20(29)11(2)27-7-6-13-9-16(25-19(13)21(27)30)12-4-5-15(24)14(23)8-12/h4-9,11,17,22,25H,3,10,24H2,1-2H3,(H,26,29). The Hall–Kier alpha value is -3.30. The zero-order chi connectivity index (χ0) is 23.0. The largest absolute Gasteiger partial charge is 0.433 e. The van der Waals surface area contributed by atoms with Crippen LogP contribution in [0.2, 0.25) is 5.02 Å². The maximum Gasteiger partial charge on any atom is 0.310 e. The third kappa shape index (κ3) is 4.09. The Morgan fingerprint density at radius 3 is 2.88 bits per heavy atom. The summed E-state index contributed by atoms with van der Waals surface area (Å²) in [5.41, 5.74) is 7.74. The van der Waals surface area contributed by atoms with Crippen molar-refractivity contribution in [1.82, 2.24) is 14.9 Å². The van der Waals surface area contributed by atoms with Crippen molar-refractivity contribution < 1.29 is 19.1 Å². The topological polar surface area (TPSA) is 128 Å². The van der Waals surface area contributed by atoms with Crippen molar-refractivity contribution in [2.24, 2.45) is 0 Å². The number of amides is 1. The molecule has 1 aliphatic heterocycles. The fraction of sp³-hybridized carbons (Fsp3) is 0.318. The van der Waals surface area contributed by atoms with E-state index in [1.54, 1.807) is 44.3 Å². The number of nitrogens with zero attached hydrogens (tertiary/aromatic N) is 1. The molecule has 9 nitrogen and oxygen atoms in total. The van der Waals surface area contributed by atoms with Crippen LogP contribution in [0.3, 0.4) is 0 Å². The fourth-order valence-corrected chi connectivity index (χ4v) is 3.87. The molecule has 1 aliphatic rings. The monoisotopic (exact) mass is 458 g/mol. The van der Waals surface area contributed by atoms with Crippen LogP contribution in [0.4, 0.5) is 5.69 Å². The van der Waals surface area contributed by atoms with E-state index in [0.29, 0.717) is 33.9 Å². The first-order valence-corrected chi connectivity index (χ1v) is 10.6. The molecule has 3 heterocycles. The zero-order valence-corrected chi connectivity index (χ0v) is 18.3. The summed E-state index contributed by atoms with van der Waals surface area (Å²) in [6, 6.07) is 7.38. The lowest BCUT2D eigenvalue weighted by molar-refractivity contribution is -0.164. The predicted octanol–water partition coefficient (Wildman–Crippen LogP) is 2.59. The summed E-state index contributed by atoms with van der Waals surface area (Å²) in [6.07, 6.45) is 0.751. The number of rotatable bonds is 6. The number of benzene rings is 1. The van der Waals surface area contributed by atoms with Gasteiger partial charge in [0.15, 0.2) is 0 Å². The molecule has 1 saturated heterocycles. The SMILES string of the molecule is CCOC1OC(=O)CC1NC(=O)C(C)n1ccc2cc(-c3ccc(N)c(Cl)c3)[nH]c2c1=O. The number of esters is 1. The molecule has 1 aromatic carbocycles. The summed E-state index contributed by atoms with van der Waals surface area (Å²) < 4.78 is 11.8. The molecule has 168 valence electrons. The molecular weight excluding hydrogens is 436 g/mol. The van der Waals surface area contributed by atoms with Crippen molar-refractivity contribution in [1.29, 1.82) is 0 Å². The molecule has 3 unspecified atom stereocenters. The number of carbonyl (C=O) groups is 2. The molecule has 3 atom stereocenters. The minimum absolute atomic E-state index is 0.0151. The predicted molar refractivity (Wildman–Crippen MR) is 120 cm³/mol. The second-order valence-corrected chi connectivity index (χ2v) is 7.99. The van der Waals surface area contributed by atoms with Crippen LogP contribution in [0, 0.1) is 0 Å². The number of nitrogens with one attached hydrogen (secondary N) is 2. The Labute approximate surface area is 188 Å². The number of nitrogen functional groups attached to an aromatic ring is 1. The first-order valence-electron chi connectivity index (χ1n) is 10.2. The Morgan fingerprint density at radius 1 is 1.38 bits per heavy atom. The number of cyclic esters (lactones) is 1. The van der Waals surface area contributed by atoms with E-state index in [9.17, 15) is 14.4 Å². The van der Waals surface area contributed by atoms with Crippen molar-refractivity contribution in [2.45, 2.75) is 38.6 Å². The lowest BCUT2D eigenvalue weighted by Gasteiger charge is -2.21. The van der Waals surface area contributed by atoms with Gasteiger partial charge in [-0.2, -0.15) is 0 Å². The average Bonchev–Trinajstić information content (AvgIpc) is 3.34. The number of carbonyl (C=O) groups excluding carboxylic acids is 2. The van der Waals surface area contributed by atoms with Crippen LogP contribution >= 0.6 is 11.6 Å². The van der Waals surface area contributed by atoms with Gasteiger partial charge in [0.25, 0.3) is 5.56 Å².